The van der Waals surface area contributed by atoms with Crippen LogP contribution in [0.3, 0.4) is 0 Å². The Morgan fingerprint density at radius 1 is 1.42 bits per heavy atom. The monoisotopic (exact) mass is 491 g/mol. The van der Waals surface area contributed by atoms with Crippen LogP contribution in [0.5, 0.6) is 0 Å². The number of ether oxygens (including phenoxy) is 1. The van der Waals surface area contributed by atoms with Crippen LogP contribution in [0.15, 0.2) is 57.1 Å². The largest absolute Gasteiger partial charge is 0.477 e. The molecule has 0 aliphatic carbocycles. The highest BCUT2D eigenvalue weighted by Crippen LogP contribution is 2.42. The lowest BCUT2D eigenvalue weighted by molar-refractivity contribution is -0.674. The summed E-state index contributed by atoms with van der Waals surface area (Å²) >= 11 is 2.65. The van der Waals surface area contributed by atoms with Crippen LogP contribution in [-0.2, 0) is 23.9 Å². The molecule has 3 aliphatic heterocycles. The number of thioether (sulfide) groups is 1. The molecule has 12 nitrogen and oxygen atoms in total. The van der Waals surface area contributed by atoms with E-state index in [-0.39, 0.29) is 16.2 Å². The lowest BCUT2D eigenvalue weighted by Crippen LogP contribution is -2.71. The summed E-state index contributed by atoms with van der Waals surface area (Å²) in [6.07, 6.45) is 0.288. The quantitative estimate of drug-likeness (QED) is 0.225. The van der Waals surface area contributed by atoms with Crippen molar-refractivity contribution in [2.24, 2.45) is 15.5 Å². The summed E-state index contributed by atoms with van der Waals surface area (Å²) in [5, 5.41) is 23.0. The molecule has 14 heteroatoms. The smallest absolute Gasteiger partial charge is 0.352 e. The molecule has 33 heavy (non-hydrogen) atoms. The zero-order chi connectivity index (χ0) is 23.6. The van der Waals surface area contributed by atoms with E-state index in [1.54, 1.807) is 37.4 Å². The Balaban J connectivity index is 1.48. The molecular formula is C19H19N6O6S2+. The van der Waals surface area contributed by atoms with Crippen molar-refractivity contribution >= 4 is 54.3 Å². The van der Waals surface area contributed by atoms with E-state index >= 15 is 0 Å². The van der Waals surface area contributed by atoms with Crippen LogP contribution in [-0.4, -0.2) is 74.6 Å². The fourth-order valence-corrected chi connectivity index (χ4v) is 5.84. The third-order valence-electron chi connectivity index (χ3n) is 5.11. The molecule has 0 radical (unpaired) electrons. The van der Waals surface area contributed by atoms with Crippen LogP contribution in [0.2, 0.25) is 0 Å². The number of benzene rings is 1. The molecule has 3 aliphatic rings. The maximum Gasteiger partial charge on any atom is 0.352 e. The van der Waals surface area contributed by atoms with Crippen molar-refractivity contribution in [3.63, 3.8) is 0 Å². The lowest BCUT2D eigenvalue weighted by atomic mass is 10.0. The Bertz CT molecular complexity index is 1070. The molecule has 0 bridgehead atoms. The Morgan fingerprint density at radius 3 is 2.82 bits per heavy atom. The van der Waals surface area contributed by atoms with Crippen LogP contribution in [0.4, 0.5) is 0 Å². The highest BCUT2D eigenvalue weighted by atomic mass is 32.2. The summed E-state index contributed by atoms with van der Waals surface area (Å²) in [6, 6.07) is 7.46. The summed E-state index contributed by atoms with van der Waals surface area (Å²) in [5.74, 6) is -1.77. The second-order valence-electron chi connectivity index (χ2n) is 7.30. The Hall–Kier alpha value is -3.23. The average Bonchev–Trinajstić information content (AvgIpc) is 3.25. The van der Waals surface area contributed by atoms with Crippen LogP contribution < -0.4 is 5.32 Å². The van der Waals surface area contributed by atoms with E-state index in [2.05, 4.69) is 20.9 Å². The third kappa shape index (κ3) is 4.49. The van der Waals surface area contributed by atoms with Gasteiger partial charge in [-0.05, 0) is 5.57 Å². The van der Waals surface area contributed by atoms with Crippen LogP contribution in [0.25, 0.3) is 0 Å². The van der Waals surface area contributed by atoms with Crippen molar-refractivity contribution in [2.45, 2.75) is 17.5 Å². The minimum atomic E-state index is -1.22. The van der Waals surface area contributed by atoms with E-state index in [9.17, 15) is 24.3 Å². The Morgan fingerprint density at radius 2 is 2.18 bits per heavy atom. The van der Waals surface area contributed by atoms with Gasteiger partial charge in [-0.3, -0.25) is 19.3 Å². The summed E-state index contributed by atoms with van der Waals surface area (Å²) < 4.78 is 4.95. The summed E-state index contributed by atoms with van der Waals surface area (Å²) in [5.41, 5.74) is 0.921. The fourth-order valence-electron chi connectivity index (χ4n) is 3.51. The number of fused-ring (bicyclic) bond motifs is 1. The molecule has 2 amide bonds. The summed E-state index contributed by atoms with van der Waals surface area (Å²) in [6.45, 7) is 0.171. The zero-order valence-corrected chi connectivity index (χ0v) is 18.9. The highest BCUT2D eigenvalue weighted by molar-refractivity contribution is 8.00. The first kappa shape index (κ1) is 22.9. The second-order valence-corrected chi connectivity index (χ2v) is 9.69. The van der Waals surface area contributed by atoms with Gasteiger partial charge in [0.2, 0.25) is 6.10 Å². The molecule has 4 rings (SSSR count). The van der Waals surface area contributed by atoms with Gasteiger partial charge in [0.05, 0.1) is 11.0 Å². The number of β-lactam (4-membered cyclic amide) rings is 1. The summed E-state index contributed by atoms with van der Waals surface area (Å²) in [7, 11) is 1.75. The Labute approximate surface area is 196 Å². The van der Waals surface area contributed by atoms with E-state index < -0.39 is 35.3 Å². The van der Waals surface area contributed by atoms with Gasteiger partial charge in [-0.2, -0.15) is 0 Å². The zero-order valence-electron chi connectivity index (χ0n) is 17.2. The minimum Gasteiger partial charge on any atom is -0.477 e. The number of nitrogens with one attached hydrogen (secondary N) is 1. The Kier molecular flexibility index (Phi) is 6.49. The van der Waals surface area contributed by atoms with Gasteiger partial charge >= 0.3 is 5.97 Å². The molecule has 4 atom stereocenters. The molecule has 2 N–H and O–H groups in total. The molecule has 0 spiro atoms. The first-order valence-electron chi connectivity index (χ1n) is 9.66. The number of carbonyl (C=O) groups excluding carboxylic acids is 3. The van der Waals surface area contributed by atoms with E-state index in [1.807, 2.05) is 0 Å². The normalized spacial score (nSPS) is 26.5. The number of hydrogen-bond acceptors (Lipinski definition) is 10. The van der Waals surface area contributed by atoms with Gasteiger partial charge in [0.1, 0.15) is 36.1 Å². The van der Waals surface area contributed by atoms with Crippen molar-refractivity contribution in [1.82, 2.24) is 10.2 Å². The topological polar surface area (TPSA) is 150 Å². The van der Waals surface area contributed by atoms with Crippen LogP contribution in [0, 0.1) is 0 Å². The van der Waals surface area contributed by atoms with Gasteiger partial charge < -0.3 is 15.2 Å². The third-order valence-corrected chi connectivity index (χ3v) is 7.62. The molecule has 1 fully saturated rings. The molecule has 3 unspecified atom stereocenters. The molecule has 1 saturated heterocycles. The lowest BCUT2D eigenvalue weighted by Gasteiger charge is -2.49. The van der Waals surface area contributed by atoms with E-state index in [0.29, 0.717) is 22.6 Å². The second kappa shape index (κ2) is 9.33. The fraction of sp³-hybridized carbons (Fsp3) is 0.316. The van der Waals surface area contributed by atoms with Crippen molar-refractivity contribution in [3.8, 4) is 0 Å². The van der Waals surface area contributed by atoms with Crippen molar-refractivity contribution in [3.05, 3.63) is 47.2 Å². The SMILES string of the molecule is C[N+]1(SCC2=C(C(=O)O)N3C(=O)C(NC(=O)C(OC=O)c4ccccc4)[C@@H]3SC2)C=NN=N1. The number of nitrogens with zero attached hydrogens (tertiary/aromatic N) is 5. The van der Waals surface area contributed by atoms with Gasteiger partial charge in [-0.1, -0.05) is 39.4 Å². The first-order chi connectivity index (χ1) is 15.8. The molecule has 0 saturated carbocycles. The number of carboxylic acid groups (broad SMARTS) is 1. The maximum absolute atomic E-state index is 12.9. The van der Waals surface area contributed by atoms with E-state index in [0.717, 1.165) is 0 Å². The predicted octanol–water partition coefficient (Wildman–Crippen LogP) is 1.06. The number of aliphatic carboxylic acids is 1. The van der Waals surface area contributed by atoms with Gasteiger partial charge in [0, 0.05) is 16.5 Å². The van der Waals surface area contributed by atoms with E-state index in [4.69, 9.17) is 4.74 Å². The molecular weight excluding hydrogens is 472 g/mol. The average molecular weight is 492 g/mol. The molecule has 1 aromatic carbocycles. The predicted molar refractivity (Wildman–Crippen MR) is 118 cm³/mol. The van der Waals surface area contributed by atoms with Gasteiger partial charge in [-0.15, -0.1) is 11.8 Å². The number of hydrogen-bond donors (Lipinski definition) is 2. The van der Waals surface area contributed by atoms with Crippen molar-refractivity contribution < 1.29 is 33.0 Å². The first-order valence-corrected chi connectivity index (χ1v) is 11.7. The summed E-state index contributed by atoms with van der Waals surface area (Å²) in [4.78, 5) is 49.7. The van der Waals surface area contributed by atoms with Gasteiger partial charge in [0.15, 0.2) is 0 Å². The van der Waals surface area contributed by atoms with Crippen LogP contribution >= 0.6 is 23.7 Å². The standard InChI is InChI=1S/C19H18N6O6S2/c1-25(9-20-22-23-25)33-8-12-7-32-18-13(17(28)24(18)14(12)19(29)30)21-16(27)15(31-10-26)11-5-3-2-4-6-11/h2-6,9-10,13,15,18H,7-8H2,1H3,(H-,21,27,29,30)/p+1/t13?,15?,18-,25?/m0/s1. The molecule has 3 heterocycles. The number of carboxylic acids is 1. The molecule has 172 valence electrons. The van der Waals surface area contributed by atoms with Gasteiger partial charge in [0.25, 0.3) is 24.6 Å². The molecule has 0 aromatic heterocycles. The highest BCUT2D eigenvalue weighted by Gasteiger charge is 2.54. The van der Waals surface area contributed by atoms with Crippen molar-refractivity contribution in [1.29, 1.82) is 0 Å². The minimum absolute atomic E-state index is 0.00866. The number of carbonyl (C=O) groups is 4. The van der Waals surface area contributed by atoms with Crippen LogP contribution in [0.1, 0.15) is 11.7 Å². The number of quaternary nitrogens is 1. The van der Waals surface area contributed by atoms with Gasteiger partial charge in [-0.25, -0.2) is 4.79 Å². The molecule has 1 aromatic rings. The van der Waals surface area contributed by atoms with Crippen molar-refractivity contribution in [2.75, 3.05) is 18.6 Å². The van der Waals surface area contributed by atoms with E-state index in [1.165, 1.54) is 34.9 Å². The number of rotatable bonds is 9. The maximum atomic E-state index is 12.9. The number of amides is 2.